The number of fused-ring (bicyclic) bond motifs is 3. The zero-order chi connectivity index (χ0) is 23.0. The van der Waals surface area contributed by atoms with Crippen LogP contribution in [0.25, 0.3) is 11.1 Å². The van der Waals surface area contributed by atoms with Crippen LogP contribution in [0, 0.1) is 6.92 Å². The van der Waals surface area contributed by atoms with Crippen LogP contribution in [0.2, 0.25) is 5.02 Å². The average molecular weight is 456 g/mol. The molecule has 8 heteroatoms. The Balaban J connectivity index is 1.67. The van der Waals surface area contributed by atoms with Gasteiger partial charge in [0.15, 0.2) is 0 Å². The molecule has 0 unspecified atom stereocenters. The summed E-state index contributed by atoms with van der Waals surface area (Å²) in [5.74, 6) is -1.23. The van der Waals surface area contributed by atoms with Crippen molar-refractivity contribution in [3.8, 4) is 11.1 Å². The number of nitrogens with one attached hydrogen (secondary N) is 1. The van der Waals surface area contributed by atoms with Crippen LogP contribution in [0.15, 0.2) is 54.7 Å². The van der Waals surface area contributed by atoms with Crippen molar-refractivity contribution in [1.29, 1.82) is 0 Å². The molecular weight excluding hydrogens is 436 g/mol. The van der Waals surface area contributed by atoms with E-state index in [0.717, 1.165) is 16.7 Å². The highest BCUT2D eigenvalue weighted by molar-refractivity contribution is 6.30. The van der Waals surface area contributed by atoms with E-state index in [1.807, 2.05) is 13.0 Å². The molecule has 5 nitrogen and oxygen atoms in total. The molecule has 1 aliphatic rings. The number of hydrogen-bond acceptors (Lipinski definition) is 3. The molecule has 0 aliphatic carbocycles. The number of nitrogens with zero attached hydrogens (tertiary/aromatic N) is 2. The fourth-order valence-electron chi connectivity index (χ4n) is 3.82. The number of aryl methyl sites for hydroxylation is 1. The normalized spacial score (nSPS) is 15.2. The van der Waals surface area contributed by atoms with Crippen molar-refractivity contribution < 1.29 is 18.4 Å². The van der Waals surface area contributed by atoms with Gasteiger partial charge in [0, 0.05) is 33.7 Å². The lowest BCUT2D eigenvalue weighted by Crippen LogP contribution is -2.40. The van der Waals surface area contributed by atoms with Crippen molar-refractivity contribution >= 4 is 34.8 Å². The SMILES string of the molecule is Cc1cc2c(cn1)-c1ccc(Cl)cc1[C@@H](C)C(=O)N2CC(=O)Nc1ccc(C(F)F)cc1. The standard InChI is InChI=1S/C24H20ClF2N3O2/c1-13-9-21-20(11-28-13)18-8-5-16(25)10-19(18)14(2)24(32)30(21)12-22(31)29-17-6-3-15(4-7-17)23(26)27/h3-11,14,23H,12H2,1-2H3,(H,29,31)/t14-/m1/s1. The first-order chi connectivity index (χ1) is 15.2. The zero-order valence-electron chi connectivity index (χ0n) is 17.4. The third kappa shape index (κ3) is 4.21. The molecule has 4 rings (SSSR count). The van der Waals surface area contributed by atoms with Gasteiger partial charge in [0.25, 0.3) is 6.43 Å². The third-order valence-corrected chi connectivity index (χ3v) is 5.70. The molecular formula is C24H20ClF2N3O2. The number of pyridine rings is 1. The Bertz CT molecular complexity index is 1200. The summed E-state index contributed by atoms with van der Waals surface area (Å²) in [6.45, 7) is 3.35. The van der Waals surface area contributed by atoms with E-state index in [2.05, 4.69) is 10.3 Å². The number of anilines is 2. The molecule has 0 spiro atoms. The molecule has 1 aromatic heterocycles. The van der Waals surface area contributed by atoms with E-state index in [9.17, 15) is 18.4 Å². The maximum atomic E-state index is 13.4. The van der Waals surface area contributed by atoms with Crippen molar-refractivity contribution in [2.24, 2.45) is 0 Å². The molecule has 32 heavy (non-hydrogen) atoms. The monoisotopic (exact) mass is 455 g/mol. The fraction of sp³-hybridized carbons (Fsp3) is 0.208. The van der Waals surface area contributed by atoms with Gasteiger partial charge in [-0.05, 0) is 55.3 Å². The number of benzene rings is 2. The van der Waals surface area contributed by atoms with Crippen LogP contribution in [0.1, 0.15) is 36.1 Å². The first-order valence-electron chi connectivity index (χ1n) is 10.0. The lowest BCUT2D eigenvalue weighted by molar-refractivity contribution is -0.122. The number of hydrogen-bond donors (Lipinski definition) is 1. The molecule has 0 saturated heterocycles. The highest BCUT2D eigenvalue weighted by atomic mass is 35.5. The first-order valence-corrected chi connectivity index (χ1v) is 10.4. The van der Waals surface area contributed by atoms with E-state index >= 15 is 0 Å². The summed E-state index contributed by atoms with van der Waals surface area (Å²) in [5.41, 5.74) is 3.86. The summed E-state index contributed by atoms with van der Waals surface area (Å²) in [5, 5.41) is 3.19. The molecule has 3 aromatic rings. The summed E-state index contributed by atoms with van der Waals surface area (Å²) in [7, 11) is 0. The van der Waals surface area contributed by atoms with Crippen LogP contribution in [0.3, 0.4) is 0 Å². The second-order valence-electron chi connectivity index (χ2n) is 7.69. The lowest BCUT2D eigenvalue weighted by atomic mass is 9.93. The Morgan fingerprint density at radius 3 is 2.56 bits per heavy atom. The minimum atomic E-state index is -2.58. The quantitative estimate of drug-likeness (QED) is 0.546. The van der Waals surface area contributed by atoms with Crippen LogP contribution >= 0.6 is 11.6 Å². The van der Waals surface area contributed by atoms with E-state index in [1.54, 1.807) is 31.3 Å². The Morgan fingerprint density at radius 2 is 1.88 bits per heavy atom. The minimum Gasteiger partial charge on any atom is -0.325 e. The van der Waals surface area contributed by atoms with Gasteiger partial charge in [-0.2, -0.15) is 0 Å². The van der Waals surface area contributed by atoms with Crippen molar-refractivity contribution in [2.75, 3.05) is 16.8 Å². The number of aromatic nitrogens is 1. The van der Waals surface area contributed by atoms with Crippen molar-refractivity contribution in [1.82, 2.24) is 4.98 Å². The molecule has 2 heterocycles. The number of amides is 2. The van der Waals surface area contributed by atoms with Crippen molar-refractivity contribution in [3.63, 3.8) is 0 Å². The summed E-state index contributed by atoms with van der Waals surface area (Å²) in [4.78, 5) is 32.0. The Morgan fingerprint density at radius 1 is 1.16 bits per heavy atom. The van der Waals surface area contributed by atoms with E-state index < -0.39 is 18.3 Å². The van der Waals surface area contributed by atoms with Gasteiger partial charge in [0.1, 0.15) is 6.54 Å². The highest BCUT2D eigenvalue weighted by Crippen LogP contribution is 2.41. The van der Waals surface area contributed by atoms with Crippen LogP contribution in [0.5, 0.6) is 0 Å². The predicted molar refractivity (Wildman–Crippen MR) is 120 cm³/mol. The van der Waals surface area contributed by atoms with Crippen LogP contribution in [0.4, 0.5) is 20.2 Å². The lowest BCUT2D eigenvalue weighted by Gasteiger charge is -2.24. The number of carbonyl (C=O) groups is 2. The van der Waals surface area contributed by atoms with Gasteiger partial charge in [0.05, 0.1) is 11.6 Å². The molecule has 0 saturated carbocycles. The molecule has 1 atom stereocenters. The highest BCUT2D eigenvalue weighted by Gasteiger charge is 2.33. The van der Waals surface area contributed by atoms with Gasteiger partial charge in [-0.1, -0.05) is 29.8 Å². The molecule has 0 fully saturated rings. The van der Waals surface area contributed by atoms with Crippen LogP contribution in [-0.2, 0) is 9.59 Å². The zero-order valence-corrected chi connectivity index (χ0v) is 18.2. The van der Waals surface area contributed by atoms with Gasteiger partial charge in [-0.3, -0.25) is 14.6 Å². The van der Waals surface area contributed by atoms with Gasteiger partial charge in [-0.15, -0.1) is 0 Å². The number of alkyl halides is 2. The van der Waals surface area contributed by atoms with Crippen LogP contribution < -0.4 is 10.2 Å². The van der Waals surface area contributed by atoms with E-state index in [4.69, 9.17) is 11.6 Å². The molecule has 164 valence electrons. The van der Waals surface area contributed by atoms with Gasteiger partial charge < -0.3 is 10.2 Å². The van der Waals surface area contributed by atoms with Crippen LogP contribution in [-0.4, -0.2) is 23.3 Å². The second kappa shape index (κ2) is 8.67. The molecule has 1 N–H and O–H groups in total. The number of rotatable bonds is 4. The van der Waals surface area contributed by atoms with Crippen molar-refractivity contribution in [2.45, 2.75) is 26.2 Å². The second-order valence-corrected chi connectivity index (χ2v) is 8.13. The Labute approximate surface area is 189 Å². The van der Waals surface area contributed by atoms with Crippen molar-refractivity contribution in [3.05, 3.63) is 76.6 Å². The molecule has 0 bridgehead atoms. The average Bonchev–Trinajstić information content (AvgIpc) is 2.83. The number of carbonyl (C=O) groups excluding carboxylic acids is 2. The molecule has 0 radical (unpaired) electrons. The maximum Gasteiger partial charge on any atom is 0.263 e. The van der Waals surface area contributed by atoms with Gasteiger partial charge in [0.2, 0.25) is 11.8 Å². The predicted octanol–water partition coefficient (Wildman–Crippen LogP) is 5.74. The van der Waals surface area contributed by atoms with E-state index in [1.165, 1.54) is 29.2 Å². The fourth-order valence-corrected chi connectivity index (χ4v) is 4.00. The van der Waals surface area contributed by atoms with E-state index in [-0.39, 0.29) is 18.0 Å². The smallest absolute Gasteiger partial charge is 0.263 e. The largest absolute Gasteiger partial charge is 0.325 e. The maximum absolute atomic E-state index is 13.4. The summed E-state index contributed by atoms with van der Waals surface area (Å²) >= 11 is 6.19. The number of halogens is 3. The topological polar surface area (TPSA) is 62.3 Å². The molecule has 2 aromatic carbocycles. The van der Waals surface area contributed by atoms with Gasteiger partial charge >= 0.3 is 0 Å². The van der Waals surface area contributed by atoms with Gasteiger partial charge in [-0.25, -0.2) is 8.78 Å². The molecule has 1 aliphatic heterocycles. The third-order valence-electron chi connectivity index (χ3n) is 5.46. The van der Waals surface area contributed by atoms with E-state index in [0.29, 0.717) is 22.1 Å². The summed E-state index contributed by atoms with van der Waals surface area (Å²) < 4.78 is 25.5. The summed E-state index contributed by atoms with van der Waals surface area (Å²) in [6, 6.07) is 12.5. The Hall–Kier alpha value is -3.32. The Kier molecular flexibility index (Phi) is 5.93. The minimum absolute atomic E-state index is 0.132. The first kappa shape index (κ1) is 21.9. The summed E-state index contributed by atoms with van der Waals surface area (Å²) in [6.07, 6.45) is -0.893. The molecule has 2 amide bonds.